The number of ether oxygens (including phenoxy) is 2. The molecule has 0 saturated carbocycles. The molecule has 0 fully saturated rings. The van der Waals surface area contributed by atoms with Gasteiger partial charge in [0.2, 0.25) is 5.88 Å². The molecule has 156 valence electrons. The summed E-state index contributed by atoms with van der Waals surface area (Å²) < 4.78 is 11.7. The van der Waals surface area contributed by atoms with Crippen LogP contribution in [0.15, 0.2) is 24.3 Å². The lowest BCUT2D eigenvalue weighted by atomic mass is 10.2. The van der Waals surface area contributed by atoms with E-state index in [1.54, 1.807) is 25.6 Å². The predicted octanol–water partition coefficient (Wildman–Crippen LogP) is 4.13. The van der Waals surface area contributed by atoms with Crippen LogP contribution < -0.4 is 10.1 Å². The third kappa shape index (κ3) is 4.14. The maximum atomic E-state index is 12.8. The summed E-state index contributed by atoms with van der Waals surface area (Å²) in [4.78, 5) is 27.7. The van der Waals surface area contributed by atoms with Crippen molar-refractivity contribution in [3.8, 4) is 5.88 Å². The Hall–Kier alpha value is -2.62. The lowest BCUT2D eigenvalue weighted by Crippen LogP contribution is -2.24. The molecule has 0 atom stereocenters. The Kier molecular flexibility index (Phi) is 6.21. The molecule has 0 saturated heterocycles. The monoisotopic (exact) mass is 442 g/mol. The number of amides is 1. The lowest BCUT2D eigenvalue weighted by Gasteiger charge is -2.05. The van der Waals surface area contributed by atoms with Gasteiger partial charge in [0.1, 0.15) is 11.4 Å². The van der Waals surface area contributed by atoms with Crippen LogP contribution in [0.25, 0.3) is 20.4 Å². The van der Waals surface area contributed by atoms with Gasteiger partial charge in [0.15, 0.2) is 5.82 Å². The molecule has 7 nitrogen and oxygen atoms in total. The second-order valence-electron chi connectivity index (χ2n) is 6.75. The number of nitrogens with one attached hydrogen (secondary N) is 1. The van der Waals surface area contributed by atoms with Gasteiger partial charge < -0.3 is 14.8 Å². The number of fused-ring (bicyclic) bond motifs is 2. The normalized spacial score (nSPS) is 11.3. The fourth-order valence-corrected chi connectivity index (χ4v) is 5.37. The van der Waals surface area contributed by atoms with Crippen LogP contribution in [0.4, 0.5) is 0 Å². The van der Waals surface area contributed by atoms with Crippen LogP contribution in [0, 0.1) is 6.92 Å². The highest BCUT2D eigenvalue weighted by Gasteiger charge is 2.21. The number of carbonyl (C=O) groups excluding carboxylic acids is 1. The minimum atomic E-state index is -0.102. The van der Waals surface area contributed by atoms with Crippen LogP contribution in [0.2, 0.25) is 0 Å². The van der Waals surface area contributed by atoms with Gasteiger partial charge in [-0.1, -0.05) is 12.1 Å². The summed E-state index contributed by atoms with van der Waals surface area (Å²) >= 11 is 3.06. The molecule has 0 aliphatic heterocycles. The number of aromatic nitrogens is 3. The number of carbonyl (C=O) groups is 1. The smallest absolute Gasteiger partial charge is 0.261 e. The summed E-state index contributed by atoms with van der Waals surface area (Å²) in [6.45, 7) is 2.77. The van der Waals surface area contributed by atoms with E-state index in [2.05, 4.69) is 26.3 Å². The van der Waals surface area contributed by atoms with Crippen molar-refractivity contribution < 1.29 is 14.3 Å². The topological polar surface area (TPSA) is 86.2 Å². The van der Waals surface area contributed by atoms with Crippen molar-refractivity contribution in [1.82, 2.24) is 20.3 Å². The lowest BCUT2D eigenvalue weighted by molar-refractivity contribution is 0.0957. The summed E-state index contributed by atoms with van der Waals surface area (Å²) in [6, 6.07) is 8.13. The first-order valence-corrected chi connectivity index (χ1v) is 11.2. The molecule has 0 unspecified atom stereocenters. The molecular formula is C21H22N4O3S2. The number of hydrogen-bond donors (Lipinski definition) is 1. The number of para-hydroxylation sites is 1. The SMILES string of the molecule is COCc1nc(OC)c2c(C)c(C(=O)NCCCc3nc4ccccc4s3)sc2n1. The molecule has 4 rings (SSSR count). The first-order chi connectivity index (χ1) is 14.6. The van der Waals surface area contributed by atoms with Crippen molar-refractivity contribution in [3.05, 3.63) is 45.5 Å². The first-order valence-electron chi connectivity index (χ1n) is 9.56. The van der Waals surface area contributed by atoms with E-state index in [1.807, 2.05) is 25.1 Å². The quantitative estimate of drug-likeness (QED) is 0.413. The van der Waals surface area contributed by atoms with Gasteiger partial charge in [0, 0.05) is 20.1 Å². The maximum Gasteiger partial charge on any atom is 0.261 e. The zero-order valence-corrected chi connectivity index (χ0v) is 18.7. The molecular weight excluding hydrogens is 420 g/mol. The second kappa shape index (κ2) is 9.03. The van der Waals surface area contributed by atoms with Gasteiger partial charge in [-0.25, -0.2) is 9.97 Å². The van der Waals surface area contributed by atoms with E-state index in [0.717, 1.165) is 39.1 Å². The Bertz CT molecular complexity index is 1170. The van der Waals surface area contributed by atoms with Crippen molar-refractivity contribution in [2.75, 3.05) is 20.8 Å². The van der Waals surface area contributed by atoms with Gasteiger partial charge in [0.05, 0.1) is 32.6 Å². The van der Waals surface area contributed by atoms with Crippen LogP contribution in [0.3, 0.4) is 0 Å². The number of thiazole rings is 1. The molecule has 1 amide bonds. The molecule has 9 heteroatoms. The number of aryl methyl sites for hydroxylation is 2. The summed E-state index contributed by atoms with van der Waals surface area (Å²) in [6.07, 6.45) is 1.67. The molecule has 1 aromatic carbocycles. The summed E-state index contributed by atoms with van der Waals surface area (Å²) in [5.74, 6) is 0.900. The largest absolute Gasteiger partial charge is 0.480 e. The fraction of sp³-hybridized carbons (Fsp3) is 0.333. The highest BCUT2D eigenvalue weighted by Crippen LogP contribution is 2.35. The van der Waals surface area contributed by atoms with Crippen LogP contribution >= 0.6 is 22.7 Å². The molecule has 3 aromatic heterocycles. The van der Waals surface area contributed by atoms with Gasteiger partial charge in [-0.3, -0.25) is 4.79 Å². The molecule has 30 heavy (non-hydrogen) atoms. The van der Waals surface area contributed by atoms with E-state index >= 15 is 0 Å². The third-order valence-corrected chi connectivity index (χ3v) is 6.95. The molecule has 0 bridgehead atoms. The minimum Gasteiger partial charge on any atom is -0.480 e. The van der Waals surface area contributed by atoms with Crippen molar-refractivity contribution in [1.29, 1.82) is 0 Å². The van der Waals surface area contributed by atoms with Crippen molar-refractivity contribution in [2.24, 2.45) is 0 Å². The van der Waals surface area contributed by atoms with Crippen LogP contribution in [-0.2, 0) is 17.8 Å². The Labute approximate surface area is 182 Å². The van der Waals surface area contributed by atoms with E-state index in [-0.39, 0.29) is 12.5 Å². The zero-order valence-electron chi connectivity index (χ0n) is 17.0. The average molecular weight is 443 g/mol. The van der Waals surface area contributed by atoms with Gasteiger partial charge in [-0.15, -0.1) is 22.7 Å². The Morgan fingerprint density at radius 2 is 1.97 bits per heavy atom. The van der Waals surface area contributed by atoms with E-state index < -0.39 is 0 Å². The summed E-state index contributed by atoms with van der Waals surface area (Å²) in [7, 11) is 3.16. The Balaban J connectivity index is 1.43. The molecule has 3 heterocycles. The average Bonchev–Trinajstić information content (AvgIpc) is 3.31. The van der Waals surface area contributed by atoms with Crippen LogP contribution in [-0.4, -0.2) is 41.6 Å². The molecule has 0 aliphatic carbocycles. The molecule has 1 N–H and O–H groups in total. The number of thiophene rings is 1. The number of nitrogens with zero attached hydrogens (tertiary/aromatic N) is 3. The fourth-order valence-electron chi connectivity index (χ4n) is 3.25. The third-order valence-electron chi connectivity index (χ3n) is 4.67. The van der Waals surface area contributed by atoms with E-state index in [4.69, 9.17) is 9.47 Å². The molecule has 0 aliphatic rings. The van der Waals surface area contributed by atoms with Gasteiger partial charge in [-0.05, 0) is 31.0 Å². The number of rotatable bonds is 8. The maximum absolute atomic E-state index is 12.8. The zero-order chi connectivity index (χ0) is 21.1. The van der Waals surface area contributed by atoms with Gasteiger partial charge in [-0.2, -0.15) is 4.98 Å². The molecule has 4 aromatic rings. The van der Waals surface area contributed by atoms with Crippen LogP contribution in [0.5, 0.6) is 5.88 Å². The van der Waals surface area contributed by atoms with Crippen LogP contribution in [0.1, 0.15) is 32.5 Å². The standard InChI is InChI=1S/C21H22N4O3S2/c1-12-17-20(28-3)24-15(11-27-2)25-21(17)30-18(12)19(26)22-10-6-9-16-23-13-7-4-5-8-14(13)29-16/h4-5,7-8H,6,9-11H2,1-3H3,(H,22,26). The van der Waals surface area contributed by atoms with E-state index in [9.17, 15) is 4.79 Å². The highest BCUT2D eigenvalue weighted by molar-refractivity contribution is 7.20. The first kappa shape index (κ1) is 20.6. The van der Waals surface area contributed by atoms with Gasteiger partial charge >= 0.3 is 0 Å². The summed E-state index contributed by atoms with van der Waals surface area (Å²) in [5.41, 5.74) is 1.87. The molecule has 0 radical (unpaired) electrons. The van der Waals surface area contributed by atoms with E-state index in [1.165, 1.54) is 16.0 Å². The predicted molar refractivity (Wildman–Crippen MR) is 120 cm³/mol. The molecule has 0 spiro atoms. The number of methoxy groups -OCH3 is 2. The Morgan fingerprint density at radius 3 is 2.73 bits per heavy atom. The summed E-state index contributed by atoms with van der Waals surface area (Å²) in [5, 5.41) is 4.89. The number of benzene rings is 1. The van der Waals surface area contributed by atoms with Crippen molar-refractivity contribution in [3.63, 3.8) is 0 Å². The van der Waals surface area contributed by atoms with E-state index in [0.29, 0.717) is 23.1 Å². The van der Waals surface area contributed by atoms with Gasteiger partial charge in [0.25, 0.3) is 5.91 Å². The van der Waals surface area contributed by atoms with Crippen molar-refractivity contribution >= 4 is 49.0 Å². The highest BCUT2D eigenvalue weighted by atomic mass is 32.1. The minimum absolute atomic E-state index is 0.102. The number of hydrogen-bond acceptors (Lipinski definition) is 8. The Morgan fingerprint density at radius 1 is 1.13 bits per heavy atom. The van der Waals surface area contributed by atoms with Crippen molar-refractivity contribution in [2.45, 2.75) is 26.4 Å². The second-order valence-corrected chi connectivity index (χ2v) is 8.87.